The van der Waals surface area contributed by atoms with Crippen LogP contribution in [-0.4, -0.2) is 29.1 Å². The van der Waals surface area contributed by atoms with Gasteiger partial charge in [0, 0.05) is 19.6 Å². The number of nitrogens with zero attached hydrogens (tertiary/aromatic N) is 1. The standard InChI is InChI=1S/C15H21NO2/c1-10-4-12(3)14(5-11(10)2)9-16-7-13(8-16)6-15(17)18/h4-5,13H,6-9H2,1-3H3,(H,17,18). The predicted molar refractivity (Wildman–Crippen MR) is 71.7 cm³/mol. The van der Waals surface area contributed by atoms with Gasteiger partial charge < -0.3 is 5.11 Å². The van der Waals surface area contributed by atoms with E-state index in [2.05, 4.69) is 37.8 Å². The van der Waals surface area contributed by atoms with Crippen molar-refractivity contribution in [1.82, 2.24) is 4.90 Å². The van der Waals surface area contributed by atoms with Gasteiger partial charge in [0.05, 0.1) is 6.42 Å². The number of rotatable bonds is 4. The Morgan fingerprint density at radius 3 is 2.44 bits per heavy atom. The van der Waals surface area contributed by atoms with Crippen molar-refractivity contribution >= 4 is 5.97 Å². The summed E-state index contributed by atoms with van der Waals surface area (Å²) in [6.07, 6.45) is 0.308. The first-order valence-electron chi connectivity index (χ1n) is 6.46. The maximum atomic E-state index is 10.6. The Morgan fingerprint density at radius 1 is 1.22 bits per heavy atom. The molecule has 0 radical (unpaired) electrons. The Balaban J connectivity index is 1.92. The van der Waals surface area contributed by atoms with Crippen LogP contribution in [0.2, 0.25) is 0 Å². The lowest BCUT2D eigenvalue weighted by atomic mass is 9.94. The molecule has 1 aromatic carbocycles. The fourth-order valence-corrected chi connectivity index (χ4v) is 2.61. The van der Waals surface area contributed by atoms with Gasteiger partial charge in [-0.1, -0.05) is 12.1 Å². The molecule has 1 aromatic rings. The summed E-state index contributed by atoms with van der Waals surface area (Å²) in [5.74, 6) is -0.337. The summed E-state index contributed by atoms with van der Waals surface area (Å²) in [7, 11) is 0. The average Bonchev–Trinajstić information content (AvgIpc) is 2.21. The van der Waals surface area contributed by atoms with Crippen LogP contribution in [0.3, 0.4) is 0 Å². The second-order valence-electron chi connectivity index (χ2n) is 5.52. The molecular formula is C15H21NO2. The number of carboxylic acids is 1. The molecule has 1 fully saturated rings. The molecule has 0 atom stereocenters. The lowest BCUT2D eigenvalue weighted by Crippen LogP contribution is -2.46. The minimum absolute atomic E-state index is 0.308. The van der Waals surface area contributed by atoms with E-state index in [0.29, 0.717) is 12.3 Å². The van der Waals surface area contributed by atoms with E-state index in [4.69, 9.17) is 5.11 Å². The van der Waals surface area contributed by atoms with Gasteiger partial charge in [-0.05, 0) is 48.9 Å². The van der Waals surface area contributed by atoms with Crippen molar-refractivity contribution in [2.45, 2.75) is 33.7 Å². The number of carboxylic acid groups (broad SMARTS) is 1. The molecule has 1 heterocycles. The molecule has 0 unspecified atom stereocenters. The van der Waals surface area contributed by atoms with Gasteiger partial charge in [-0.3, -0.25) is 9.69 Å². The van der Waals surface area contributed by atoms with E-state index in [1.54, 1.807) is 0 Å². The number of benzene rings is 1. The highest BCUT2D eigenvalue weighted by atomic mass is 16.4. The number of aliphatic carboxylic acids is 1. The van der Waals surface area contributed by atoms with Crippen molar-refractivity contribution in [1.29, 1.82) is 0 Å². The van der Waals surface area contributed by atoms with Gasteiger partial charge in [0.1, 0.15) is 0 Å². The maximum Gasteiger partial charge on any atom is 0.303 e. The molecule has 3 nitrogen and oxygen atoms in total. The molecule has 1 aliphatic rings. The lowest BCUT2D eigenvalue weighted by molar-refractivity contribution is -0.139. The molecule has 0 saturated carbocycles. The van der Waals surface area contributed by atoms with Crippen LogP contribution >= 0.6 is 0 Å². The third kappa shape index (κ3) is 2.91. The lowest BCUT2D eigenvalue weighted by Gasteiger charge is -2.39. The van der Waals surface area contributed by atoms with Crippen molar-refractivity contribution in [2.24, 2.45) is 5.92 Å². The molecular weight excluding hydrogens is 226 g/mol. The molecule has 0 aliphatic carbocycles. The molecule has 1 saturated heterocycles. The topological polar surface area (TPSA) is 40.5 Å². The van der Waals surface area contributed by atoms with E-state index in [1.807, 2.05) is 0 Å². The van der Waals surface area contributed by atoms with Crippen LogP contribution < -0.4 is 0 Å². The van der Waals surface area contributed by atoms with Crippen LogP contribution in [0.15, 0.2) is 12.1 Å². The molecule has 3 heteroatoms. The van der Waals surface area contributed by atoms with E-state index in [1.165, 1.54) is 22.3 Å². The van der Waals surface area contributed by atoms with Crippen molar-refractivity contribution in [3.8, 4) is 0 Å². The monoisotopic (exact) mass is 247 g/mol. The first-order chi connectivity index (χ1) is 8.45. The Morgan fingerprint density at radius 2 is 1.83 bits per heavy atom. The van der Waals surface area contributed by atoms with Crippen molar-refractivity contribution in [3.63, 3.8) is 0 Å². The number of aryl methyl sites for hydroxylation is 3. The van der Waals surface area contributed by atoms with Gasteiger partial charge in [-0.15, -0.1) is 0 Å². The van der Waals surface area contributed by atoms with Crippen molar-refractivity contribution in [2.75, 3.05) is 13.1 Å². The molecule has 0 spiro atoms. The molecule has 2 rings (SSSR count). The van der Waals surface area contributed by atoms with Crippen molar-refractivity contribution < 1.29 is 9.90 Å². The molecule has 1 N–H and O–H groups in total. The van der Waals surface area contributed by atoms with Gasteiger partial charge in [0.25, 0.3) is 0 Å². The Labute approximate surface area is 108 Å². The Kier molecular flexibility index (Phi) is 3.71. The van der Waals surface area contributed by atoms with E-state index < -0.39 is 5.97 Å². The Hall–Kier alpha value is -1.35. The summed E-state index contributed by atoms with van der Waals surface area (Å²) < 4.78 is 0. The summed E-state index contributed by atoms with van der Waals surface area (Å²) >= 11 is 0. The smallest absolute Gasteiger partial charge is 0.303 e. The second kappa shape index (κ2) is 5.11. The maximum absolute atomic E-state index is 10.6. The van der Waals surface area contributed by atoms with Gasteiger partial charge in [0.2, 0.25) is 0 Å². The van der Waals surface area contributed by atoms with E-state index in [-0.39, 0.29) is 0 Å². The first kappa shape index (κ1) is 13.1. The zero-order valence-electron chi connectivity index (χ0n) is 11.4. The minimum atomic E-state index is -0.679. The summed E-state index contributed by atoms with van der Waals surface area (Å²) in [6, 6.07) is 4.49. The van der Waals surface area contributed by atoms with Crippen LogP contribution in [0, 0.1) is 26.7 Å². The highest BCUT2D eigenvalue weighted by Crippen LogP contribution is 2.24. The quantitative estimate of drug-likeness (QED) is 0.888. The highest BCUT2D eigenvalue weighted by Gasteiger charge is 2.28. The first-order valence-corrected chi connectivity index (χ1v) is 6.46. The van der Waals surface area contributed by atoms with Crippen LogP contribution in [-0.2, 0) is 11.3 Å². The largest absolute Gasteiger partial charge is 0.481 e. The zero-order chi connectivity index (χ0) is 13.3. The molecule has 0 amide bonds. The normalized spacial score (nSPS) is 16.6. The fourth-order valence-electron chi connectivity index (χ4n) is 2.61. The second-order valence-corrected chi connectivity index (χ2v) is 5.52. The van der Waals surface area contributed by atoms with Gasteiger partial charge in [-0.2, -0.15) is 0 Å². The van der Waals surface area contributed by atoms with Gasteiger partial charge >= 0.3 is 5.97 Å². The molecule has 1 aliphatic heterocycles. The van der Waals surface area contributed by atoms with Crippen LogP contribution in [0.25, 0.3) is 0 Å². The van der Waals surface area contributed by atoms with Gasteiger partial charge in [0.15, 0.2) is 0 Å². The predicted octanol–water partition coefficient (Wildman–Crippen LogP) is 2.52. The fraction of sp³-hybridized carbons (Fsp3) is 0.533. The summed E-state index contributed by atoms with van der Waals surface area (Å²) in [4.78, 5) is 12.9. The molecule has 0 bridgehead atoms. The summed E-state index contributed by atoms with van der Waals surface area (Å²) in [5, 5.41) is 8.72. The minimum Gasteiger partial charge on any atom is -0.481 e. The van der Waals surface area contributed by atoms with E-state index in [0.717, 1.165) is 19.6 Å². The number of hydrogen-bond donors (Lipinski definition) is 1. The zero-order valence-corrected chi connectivity index (χ0v) is 11.4. The highest BCUT2D eigenvalue weighted by molar-refractivity contribution is 5.67. The van der Waals surface area contributed by atoms with Crippen LogP contribution in [0.5, 0.6) is 0 Å². The van der Waals surface area contributed by atoms with Gasteiger partial charge in [-0.25, -0.2) is 0 Å². The summed E-state index contributed by atoms with van der Waals surface area (Å²) in [6.45, 7) is 9.21. The summed E-state index contributed by atoms with van der Waals surface area (Å²) in [5.41, 5.74) is 5.37. The van der Waals surface area contributed by atoms with Crippen molar-refractivity contribution in [3.05, 3.63) is 34.4 Å². The van der Waals surface area contributed by atoms with Crippen LogP contribution in [0.1, 0.15) is 28.7 Å². The van der Waals surface area contributed by atoms with E-state index in [9.17, 15) is 4.79 Å². The molecule has 0 aromatic heterocycles. The average molecular weight is 247 g/mol. The van der Waals surface area contributed by atoms with E-state index >= 15 is 0 Å². The Bertz CT molecular complexity index is 462. The van der Waals surface area contributed by atoms with Crippen LogP contribution in [0.4, 0.5) is 0 Å². The third-order valence-corrected chi connectivity index (χ3v) is 3.84. The third-order valence-electron chi connectivity index (χ3n) is 3.84. The number of likely N-dealkylation sites (tertiary alicyclic amines) is 1. The molecule has 98 valence electrons. The molecule has 18 heavy (non-hydrogen) atoms. The SMILES string of the molecule is Cc1cc(C)c(CN2CC(CC(=O)O)C2)cc1C. The number of carbonyl (C=O) groups is 1. The number of hydrogen-bond acceptors (Lipinski definition) is 2.